The molecule has 0 spiro atoms. The van der Waals surface area contributed by atoms with Crippen molar-refractivity contribution in [3.8, 4) is 5.75 Å². The van der Waals surface area contributed by atoms with E-state index < -0.39 is 0 Å². The molecule has 0 aromatic heterocycles. The van der Waals surface area contributed by atoms with Gasteiger partial charge in [-0.25, -0.2) is 0 Å². The Morgan fingerprint density at radius 2 is 2.00 bits per heavy atom. The zero-order valence-electron chi connectivity index (χ0n) is 12.5. The van der Waals surface area contributed by atoms with Crippen LogP contribution >= 0.6 is 0 Å². The SMILES string of the molecule is CCCC1CCC(N)(c2cc(C)ccc2OC)CC1. The molecule has 1 aliphatic rings. The molecule has 2 nitrogen and oxygen atoms in total. The van der Waals surface area contributed by atoms with Gasteiger partial charge >= 0.3 is 0 Å². The molecule has 106 valence electrons. The summed E-state index contributed by atoms with van der Waals surface area (Å²) >= 11 is 0. The standard InChI is InChI=1S/C17H27NO/c1-4-5-14-8-10-17(18,11-9-14)15-12-13(2)6-7-16(15)19-3/h6-7,12,14H,4-5,8-11,18H2,1-3H3. The van der Waals surface area contributed by atoms with E-state index in [4.69, 9.17) is 10.5 Å². The lowest BCUT2D eigenvalue weighted by atomic mass is 9.72. The van der Waals surface area contributed by atoms with Crippen molar-refractivity contribution in [1.29, 1.82) is 0 Å². The fourth-order valence-corrected chi connectivity index (χ4v) is 3.37. The summed E-state index contributed by atoms with van der Waals surface area (Å²) in [6, 6.07) is 6.35. The third-order valence-electron chi connectivity index (χ3n) is 4.59. The molecule has 2 heteroatoms. The van der Waals surface area contributed by atoms with Crippen LogP contribution in [0.1, 0.15) is 56.6 Å². The summed E-state index contributed by atoms with van der Waals surface area (Å²) in [5.41, 5.74) is 8.97. The lowest BCUT2D eigenvalue weighted by Crippen LogP contribution is -2.40. The smallest absolute Gasteiger partial charge is 0.123 e. The van der Waals surface area contributed by atoms with Gasteiger partial charge in [0.05, 0.1) is 7.11 Å². The van der Waals surface area contributed by atoms with Gasteiger partial charge in [0.2, 0.25) is 0 Å². The van der Waals surface area contributed by atoms with E-state index in [-0.39, 0.29) is 5.54 Å². The second-order valence-electron chi connectivity index (χ2n) is 6.09. The molecule has 2 rings (SSSR count). The first kappa shape index (κ1) is 14.4. The number of hydrogen-bond acceptors (Lipinski definition) is 2. The number of rotatable bonds is 4. The molecule has 2 N–H and O–H groups in total. The van der Waals surface area contributed by atoms with Crippen molar-refractivity contribution in [1.82, 2.24) is 0 Å². The van der Waals surface area contributed by atoms with Crippen molar-refractivity contribution in [2.24, 2.45) is 11.7 Å². The van der Waals surface area contributed by atoms with Crippen LogP contribution in [0.5, 0.6) is 5.75 Å². The summed E-state index contributed by atoms with van der Waals surface area (Å²) in [6.07, 6.45) is 7.30. The summed E-state index contributed by atoms with van der Waals surface area (Å²) < 4.78 is 5.51. The van der Waals surface area contributed by atoms with Crippen LogP contribution in [0.15, 0.2) is 18.2 Å². The maximum absolute atomic E-state index is 6.70. The highest BCUT2D eigenvalue weighted by Crippen LogP contribution is 2.42. The highest BCUT2D eigenvalue weighted by atomic mass is 16.5. The van der Waals surface area contributed by atoms with Gasteiger partial charge in [-0.15, -0.1) is 0 Å². The van der Waals surface area contributed by atoms with Crippen molar-refractivity contribution in [2.75, 3.05) is 7.11 Å². The van der Waals surface area contributed by atoms with Gasteiger partial charge in [0.25, 0.3) is 0 Å². The normalized spacial score (nSPS) is 27.3. The van der Waals surface area contributed by atoms with E-state index in [9.17, 15) is 0 Å². The largest absolute Gasteiger partial charge is 0.496 e. The summed E-state index contributed by atoms with van der Waals surface area (Å²) in [4.78, 5) is 0. The molecular weight excluding hydrogens is 234 g/mol. The van der Waals surface area contributed by atoms with Gasteiger partial charge in [0, 0.05) is 11.1 Å². The summed E-state index contributed by atoms with van der Waals surface area (Å²) in [6.45, 7) is 4.39. The monoisotopic (exact) mass is 261 g/mol. The van der Waals surface area contributed by atoms with Crippen LogP contribution in [0, 0.1) is 12.8 Å². The van der Waals surface area contributed by atoms with Gasteiger partial charge in [0.15, 0.2) is 0 Å². The van der Waals surface area contributed by atoms with E-state index in [0.29, 0.717) is 0 Å². The minimum absolute atomic E-state index is 0.193. The number of methoxy groups -OCH3 is 1. The van der Waals surface area contributed by atoms with E-state index >= 15 is 0 Å². The molecule has 1 aromatic carbocycles. The molecular formula is C17H27NO. The average molecular weight is 261 g/mol. The highest BCUT2D eigenvalue weighted by molar-refractivity contribution is 5.42. The first-order valence-electron chi connectivity index (χ1n) is 7.53. The topological polar surface area (TPSA) is 35.2 Å². The Labute approximate surface area is 117 Å². The van der Waals surface area contributed by atoms with Crippen molar-refractivity contribution in [3.05, 3.63) is 29.3 Å². The number of aryl methyl sites for hydroxylation is 1. The molecule has 0 atom stereocenters. The summed E-state index contributed by atoms with van der Waals surface area (Å²) in [5, 5.41) is 0. The second-order valence-corrected chi connectivity index (χ2v) is 6.09. The Morgan fingerprint density at radius 1 is 1.32 bits per heavy atom. The quantitative estimate of drug-likeness (QED) is 0.883. The Bertz CT molecular complexity index is 419. The molecule has 0 bridgehead atoms. The van der Waals surface area contributed by atoms with Gasteiger partial charge < -0.3 is 10.5 Å². The van der Waals surface area contributed by atoms with Crippen LogP contribution in [0.2, 0.25) is 0 Å². The van der Waals surface area contributed by atoms with E-state index in [1.165, 1.54) is 36.8 Å². The lowest BCUT2D eigenvalue weighted by molar-refractivity contribution is 0.221. The van der Waals surface area contributed by atoms with Crippen LogP contribution < -0.4 is 10.5 Å². The maximum atomic E-state index is 6.70. The number of nitrogens with two attached hydrogens (primary N) is 1. The van der Waals surface area contributed by atoms with Gasteiger partial charge in [-0.05, 0) is 44.6 Å². The van der Waals surface area contributed by atoms with Gasteiger partial charge in [-0.2, -0.15) is 0 Å². The first-order chi connectivity index (χ1) is 9.09. The Hall–Kier alpha value is -1.02. The molecule has 1 aromatic rings. The number of ether oxygens (including phenoxy) is 1. The summed E-state index contributed by atoms with van der Waals surface area (Å²) in [5.74, 6) is 1.82. The van der Waals surface area contributed by atoms with Gasteiger partial charge in [-0.1, -0.05) is 37.5 Å². The predicted octanol–water partition coefficient (Wildman–Crippen LogP) is 4.15. The summed E-state index contributed by atoms with van der Waals surface area (Å²) in [7, 11) is 1.74. The second kappa shape index (κ2) is 5.96. The fourth-order valence-electron chi connectivity index (χ4n) is 3.37. The van der Waals surface area contributed by atoms with Crippen molar-refractivity contribution < 1.29 is 4.74 Å². The predicted molar refractivity (Wildman–Crippen MR) is 80.5 cm³/mol. The molecule has 0 radical (unpaired) electrons. The Morgan fingerprint density at radius 3 is 2.58 bits per heavy atom. The Kier molecular flexibility index (Phi) is 4.51. The molecule has 19 heavy (non-hydrogen) atoms. The van der Waals surface area contributed by atoms with Gasteiger partial charge in [0.1, 0.15) is 5.75 Å². The van der Waals surface area contributed by atoms with Crippen LogP contribution in [0.3, 0.4) is 0 Å². The van der Waals surface area contributed by atoms with Crippen molar-refractivity contribution >= 4 is 0 Å². The molecule has 0 aliphatic heterocycles. The third-order valence-corrected chi connectivity index (χ3v) is 4.59. The third kappa shape index (κ3) is 3.11. The van der Waals surface area contributed by atoms with E-state index in [2.05, 4.69) is 32.0 Å². The fraction of sp³-hybridized carbons (Fsp3) is 0.647. The highest BCUT2D eigenvalue weighted by Gasteiger charge is 2.35. The van der Waals surface area contributed by atoms with E-state index in [0.717, 1.165) is 24.5 Å². The van der Waals surface area contributed by atoms with Crippen LogP contribution in [0.25, 0.3) is 0 Å². The van der Waals surface area contributed by atoms with Crippen molar-refractivity contribution in [2.45, 2.75) is 57.9 Å². The molecule has 1 saturated carbocycles. The zero-order chi connectivity index (χ0) is 13.9. The minimum Gasteiger partial charge on any atom is -0.496 e. The number of hydrogen-bond donors (Lipinski definition) is 1. The molecule has 1 fully saturated rings. The maximum Gasteiger partial charge on any atom is 0.123 e. The Balaban J connectivity index is 2.19. The zero-order valence-corrected chi connectivity index (χ0v) is 12.5. The van der Waals surface area contributed by atoms with Crippen LogP contribution in [-0.2, 0) is 5.54 Å². The van der Waals surface area contributed by atoms with Gasteiger partial charge in [-0.3, -0.25) is 0 Å². The minimum atomic E-state index is -0.193. The molecule has 0 amide bonds. The molecule has 0 unspecified atom stereocenters. The van der Waals surface area contributed by atoms with Crippen LogP contribution in [0.4, 0.5) is 0 Å². The average Bonchev–Trinajstić information content (AvgIpc) is 2.42. The lowest BCUT2D eigenvalue weighted by Gasteiger charge is -2.38. The molecule has 0 saturated heterocycles. The van der Waals surface area contributed by atoms with E-state index in [1.807, 2.05) is 0 Å². The van der Waals surface area contributed by atoms with E-state index in [1.54, 1.807) is 7.11 Å². The first-order valence-corrected chi connectivity index (χ1v) is 7.53. The van der Waals surface area contributed by atoms with Crippen LogP contribution in [-0.4, -0.2) is 7.11 Å². The number of benzene rings is 1. The molecule has 0 heterocycles. The molecule has 1 aliphatic carbocycles. The van der Waals surface area contributed by atoms with Crippen molar-refractivity contribution in [3.63, 3.8) is 0 Å².